The quantitative estimate of drug-likeness (QED) is 0.407. The van der Waals surface area contributed by atoms with Gasteiger partial charge in [0.2, 0.25) is 15.9 Å². The Balaban J connectivity index is 2.26. The van der Waals surface area contributed by atoms with E-state index in [2.05, 4.69) is 22.7 Å². The van der Waals surface area contributed by atoms with Gasteiger partial charge in [-0.3, -0.25) is 4.79 Å². The second kappa shape index (κ2) is 8.32. The van der Waals surface area contributed by atoms with Gasteiger partial charge in [0.25, 0.3) is 0 Å². The highest BCUT2D eigenvalue weighted by Crippen LogP contribution is 2.18. The maximum Gasteiger partial charge on any atom is 0.224 e. The summed E-state index contributed by atoms with van der Waals surface area (Å²) in [5, 5.41) is 2.83. The fraction of sp³-hybridized carbons (Fsp3) is 0.667. The molecule has 1 rings (SSSR count). The molecule has 0 saturated heterocycles. The molecule has 0 fully saturated rings. The summed E-state index contributed by atoms with van der Waals surface area (Å²) in [5.74, 6) is -0.0851. The van der Waals surface area contributed by atoms with Gasteiger partial charge in [0, 0.05) is 31.1 Å². The van der Waals surface area contributed by atoms with Gasteiger partial charge in [0.15, 0.2) is 0 Å². The van der Waals surface area contributed by atoms with Crippen LogP contribution in [0.25, 0.3) is 0 Å². The Labute approximate surface area is 144 Å². The van der Waals surface area contributed by atoms with Gasteiger partial charge in [0.05, 0.1) is 4.75 Å². The molecule has 0 radical (unpaired) electrons. The van der Waals surface area contributed by atoms with Crippen molar-refractivity contribution in [2.75, 3.05) is 6.54 Å². The average Bonchev–Trinajstić information content (AvgIpc) is 2.41. The lowest BCUT2D eigenvalue weighted by molar-refractivity contribution is -0.120. The van der Waals surface area contributed by atoms with Crippen LogP contribution in [0.15, 0.2) is 22.8 Å². The van der Waals surface area contributed by atoms with Gasteiger partial charge >= 0.3 is 0 Å². The minimum atomic E-state index is -3.32. The van der Waals surface area contributed by atoms with Crippen LogP contribution in [0.5, 0.6) is 0 Å². The van der Waals surface area contributed by atoms with Crippen LogP contribution in [-0.4, -0.2) is 31.7 Å². The molecule has 0 aliphatic heterocycles. The lowest BCUT2D eigenvalue weighted by Gasteiger charge is -2.20. The molecule has 1 unspecified atom stereocenters. The number of rotatable bonds is 7. The molecular formula is C15H27N3O3S2. The van der Waals surface area contributed by atoms with E-state index in [0.29, 0.717) is 32.2 Å². The van der Waals surface area contributed by atoms with Gasteiger partial charge < -0.3 is 11.1 Å². The van der Waals surface area contributed by atoms with E-state index in [-0.39, 0.29) is 11.9 Å². The maximum absolute atomic E-state index is 11.8. The van der Waals surface area contributed by atoms with E-state index < -0.39 is 14.8 Å². The number of allylic oxidation sites excluding steroid dienone is 2. The summed E-state index contributed by atoms with van der Waals surface area (Å²) in [6.45, 7) is 5.29. The van der Waals surface area contributed by atoms with Crippen LogP contribution in [0.3, 0.4) is 0 Å². The third-order valence-corrected chi connectivity index (χ3v) is 6.18. The first-order valence-electron chi connectivity index (χ1n) is 7.67. The summed E-state index contributed by atoms with van der Waals surface area (Å²) < 4.78 is 25.4. The van der Waals surface area contributed by atoms with Gasteiger partial charge in [-0.1, -0.05) is 0 Å². The van der Waals surface area contributed by atoms with E-state index in [4.69, 9.17) is 5.73 Å². The van der Waals surface area contributed by atoms with Crippen molar-refractivity contribution in [3.63, 3.8) is 0 Å². The molecule has 0 aromatic rings. The summed E-state index contributed by atoms with van der Waals surface area (Å²) in [4.78, 5) is 12.6. The fourth-order valence-electron chi connectivity index (χ4n) is 1.89. The van der Waals surface area contributed by atoms with Crippen LogP contribution >= 0.6 is 12.6 Å². The zero-order valence-corrected chi connectivity index (χ0v) is 15.6. The second-order valence-corrected chi connectivity index (χ2v) is 9.65. The number of carbonyl (C=O) groups is 1. The van der Waals surface area contributed by atoms with E-state index in [9.17, 15) is 13.2 Å². The molecule has 0 aromatic heterocycles. The Morgan fingerprint density at radius 3 is 2.57 bits per heavy atom. The largest absolute Gasteiger partial charge is 0.330 e. The lowest BCUT2D eigenvalue weighted by Crippen LogP contribution is -2.39. The van der Waals surface area contributed by atoms with Crippen LogP contribution in [-0.2, 0) is 14.8 Å². The highest BCUT2D eigenvalue weighted by molar-refractivity contribution is 7.90. The number of amides is 1. The predicted octanol–water partition coefficient (Wildman–Crippen LogP) is 1.42. The standard InChI is InChI=1S/C15H27N3O3S2/c1-15(2,3)23(20,21)17-9-5-4-6-14(19)18-11-7-8-13(22)12(16)10-11/h7-8,12,17,22H,4-6,9-10,16H2,1-3H3,(H,18,19). The summed E-state index contributed by atoms with van der Waals surface area (Å²) in [7, 11) is -3.32. The Bertz CT molecular complexity index is 590. The zero-order valence-electron chi connectivity index (χ0n) is 13.9. The van der Waals surface area contributed by atoms with Gasteiger partial charge in [-0.25, -0.2) is 13.1 Å². The highest BCUT2D eigenvalue weighted by atomic mass is 32.2. The molecule has 23 heavy (non-hydrogen) atoms. The molecule has 132 valence electrons. The Morgan fingerprint density at radius 1 is 1.35 bits per heavy atom. The molecule has 0 spiro atoms. The minimum Gasteiger partial charge on any atom is -0.330 e. The molecule has 4 N–H and O–H groups in total. The minimum absolute atomic E-state index is 0.0851. The first-order chi connectivity index (χ1) is 10.5. The molecule has 1 atom stereocenters. The molecule has 0 aromatic carbocycles. The van der Waals surface area contributed by atoms with Crippen molar-refractivity contribution in [1.82, 2.24) is 10.0 Å². The van der Waals surface area contributed by atoms with Gasteiger partial charge in [-0.15, -0.1) is 12.6 Å². The predicted molar refractivity (Wildman–Crippen MR) is 96.4 cm³/mol. The lowest BCUT2D eigenvalue weighted by atomic mass is 10.1. The van der Waals surface area contributed by atoms with Gasteiger partial charge in [-0.2, -0.15) is 0 Å². The van der Waals surface area contributed by atoms with Crippen LogP contribution in [0.4, 0.5) is 0 Å². The van der Waals surface area contributed by atoms with Crippen LogP contribution in [0, 0.1) is 0 Å². The number of sulfonamides is 1. The SMILES string of the molecule is CC(C)(C)S(=O)(=O)NCCCCC(=O)NC1=CC=C(S)C(N)C1. The summed E-state index contributed by atoms with van der Waals surface area (Å²) in [6.07, 6.45) is 5.73. The zero-order chi connectivity index (χ0) is 17.7. The van der Waals surface area contributed by atoms with E-state index in [1.54, 1.807) is 32.9 Å². The van der Waals surface area contributed by atoms with E-state index in [1.165, 1.54) is 0 Å². The Kier molecular flexibility index (Phi) is 7.31. The number of unbranched alkanes of at least 4 members (excludes halogenated alkanes) is 1. The summed E-state index contributed by atoms with van der Waals surface area (Å²) in [6, 6.07) is -0.176. The van der Waals surface area contributed by atoms with Crippen LogP contribution < -0.4 is 15.8 Å². The normalized spacial score (nSPS) is 19.1. The molecule has 0 bridgehead atoms. The van der Waals surface area contributed by atoms with Gasteiger partial charge in [0.1, 0.15) is 0 Å². The van der Waals surface area contributed by atoms with E-state index in [0.717, 1.165) is 10.6 Å². The summed E-state index contributed by atoms with van der Waals surface area (Å²) >= 11 is 4.23. The molecule has 0 saturated carbocycles. The van der Waals surface area contributed by atoms with Crippen molar-refractivity contribution < 1.29 is 13.2 Å². The summed E-state index contributed by atoms with van der Waals surface area (Å²) in [5.41, 5.74) is 6.64. The molecule has 6 nitrogen and oxygen atoms in total. The fourth-order valence-corrected chi connectivity index (χ4v) is 2.90. The number of hydrogen-bond acceptors (Lipinski definition) is 5. The molecule has 0 heterocycles. The molecule has 1 aliphatic carbocycles. The van der Waals surface area contributed by atoms with Crippen molar-refractivity contribution >= 4 is 28.6 Å². The number of nitrogens with one attached hydrogen (secondary N) is 2. The molecule has 1 aliphatic rings. The van der Waals surface area contributed by atoms with Crippen molar-refractivity contribution in [3.05, 3.63) is 22.8 Å². The van der Waals surface area contributed by atoms with Crippen LogP contribution in [0.1, 0.15) is 46.5 Å². The molecule has 1 amide bonds. The Hall–Kier alpha value is -0.830. The van der Waals surface area contributed by atoms with Crippen molar-refractivity contribution in [2.45, 2.75) is 57.2 Å². The number of hydrogen-bond donors (Lipinski definition) is 4. The van der Waals surface area contributed by atoms with Crippen molar-refractivity contribution in [1.29, 1.82) is 0 Å². The molecule has 8 heteroatoms. The first kappa shape index (κ1) is 20.2. The maximum atomic E-state index is 11.8. The average molecular weight is 362 g/mol. The topological polar surface area (TPSA) is 101 Å². The molecular weight excluding hydrogens is 334 g/mol. The van der Waals surface area contributed by atoms with Gasteiger partial charge in [-0.05, 0) is 50.7 Å². The van der Waals surface area contributed by atoms with E-state index in [1.807, 2.05) is 0 Å². The second-order valence-electron chi connectivity index (χ2n) is 6.61. The smallest absolute Gasteiger partial charge is 0.224 e. The van der Waals surface area contributed by atoms with E-state index >= 15 is 0 Å². The van der Waals surface area contributed by atoms with Crippen molar-refractivity contribution in [2.24, 2.45) is 5.73 Å². The first-order valence-corrected chi connectivity index (χ1v) is 9.60. The monoisotopic (exact) mass is 361 g/mol. The third-order valence-electron chi connectivity index (χ3n) is 3.50. The third kappa shape index (κ3) is 6.66. The van der Waals surface area contributed by atoms with Crippen LogP contribution in [0.2, 0.25) is 0 Å². The number of nitrogens with two attached hydrogens (primary N) is 1. The Morgan fingerprint density at radius 2 is 2.00 bits per heavy atom. The number of thiol groups is 1. The highest BCUT2D eigenvalue weighted by Gasteiger charge is 2.27. The van der Waals surface area contributed by atoms with Crippen molar-refractivity contribution in [3.8, 4) is 0 Å². The number of carbonyl (C=O) groups excluding carboxylic acids is 1.